The van der Waals surface area contributed by atoms with Gasteiger partial charge in [-0.1, -0.05) is 18.2 Å². The molecule has 0 spiro atoms. The van der Waals surface area contributed by atoms with Crippen LogP contribution in [0.15, 0.2) is 30.5 Å². The van der Waals surface area contributed by atoms with Gasteiger partial charge in [0.2, 0.25) is 0 Å². The summed E-state index contributed by atoms with van der Waals surface area (Å²) in [5.74, 6) is 1.27. The first-order valence-electron chi connectivity index (χ1n) is 4.25. The van der Waals surface area contributed by atoms with E-state index in [1.54, 1.807) is 6.20 Å². The quantitative estimate of drug-likeness (QED) is 0.593. The van der Waals surface area contributed by atoms with Gasteiger partial charge in [-0.25, -0.2) is 4.98 Å². The van der Waals surface area contributed by atoms with E-state index in [4.69, 9.17) is 17.3 Å². The third-order valence-electron chi connectivity index (χ3n) is 1.71. The van der Waals surface area contributed by atoms with E-state index < -0.39 is 0 Å². The molecule has 70 valence electrons. The third-order valence-corrected chi connectivity index (χ3v) is 1.92. The molecular formula is C10H13ClN2. The molecule has 1 aromatic rings. The first-order chi connectivity index (χ1) is 6.34. The predicted molar refractivity (Wildman–Crippen MR) is 56.8 cm³/mol. The van der Waals surface area contributed by atoms with Crippen molar-refractivity contribution in [2.75, 3.05) is 11.6 Å². The Hall–Kier alpha value is -1.02. The fourth-order valence-electron chi connectivity index (χ4n) is 1.01. The second-order valence-corrected chi connectivity index (χ2v) is 3.08. The van der Waals surface area contributed by atoms with Gasteiger partial charge in [-0.3, -0.25) is 0 Å². The summed E-state index contributed by atoms with van der Waals surface area (Å²) in [6.07, 6.45) is 7.55. The van der Waals surface area contributed by atoms with Crippen LogP contribution in [0.2, 0.25) is 0 Å². The van der Waals surface area contributed by atoms with Crippen molar-refractivity contribution in [1.82, 2.24) is 4.98 Å². The summed E-state index contributed by atoms with van der Waals surface area (Å²) in [7, 11) is 0. The van der Waals surface area contributed by atoms with Gasteiger partial charge < -0.3 is 5.73 Å². The van der Waals surface area contributed by atoms with Crippen LogP contribution in [0.3, 0.4) is 0 Å². The zero-order valence-corrected chi connectivity index (χ0v) is 8.17. The van der Waals surface area contributed by atoms with Gasteiger partial charge in [-0.2, -0.15) is 0 Å². The van der Waals surface area contributed by atoms with Crippen molar-refractivity contribution >= 4 is 17.4 Å². The lowest BCUT2D eigenvalue weighted by atomic mass is 10.2. The number of nitrogens with zero attached hydrogens (tertiary/aromatic N) is 1. The molecule has 1 rings (SSSR count). The van der Waals surface area contributed by atoms with Crippen LogP contribution >= 0.6 is 11.6 Å². The highest BCUT2D eigenvalue weighted by molar-refractivity contribution is 6.17. The van der Waals surface area contributed by atoms with Gasteiger partial charge >= 0.3 is 0 Å². The highest BCUT2D eigenvalue weighted by Gasteiger charge is 1.94. The van der Waals surface area contributed by atoms with Gasteiger partial charge in [0.1, 0.15) is 5.82 Å². The van der Waals surface area contributed by atoms with Crippen LogP contribution in [0.4, 0.5) is 5.82 Å². The zero-order chi connectivity index (χ0) is 9.52. The van der Waals surface area contributed by atoms with E-state index in [0.717, 1.165) is 18.4 Å². The molecule has 13 heavy (non-hydrogen) atoms. The number of alkyl halides is 1. The number of aromatic nitrogens is 1. The fourth-order valence-corrected chi connectivity index (χ4v) is 1.14. The van der Waals surface area contributed by atoms with E-state index in [1.165, 1.54) is 0 Å². The topological polar surface area (TPSA) is 38.9 Å². The smallest absolute Gasteiger partial charge is 0.126 e. The van der Waals surface area contributed by atoms with Gasteiger partial charge in [-0.15, -0.1) is 11.6 Å². The van der Waals surface area contributed by atoms with Crippen LogP contribution in [-0.2, 0) is 6.42 Å². The van der Waals surface area contributed by atoms with E-state index >= 15 is 0 Å². The lowest BCUT2D eigenvalue weighted by Crippen LogP contribution is -1.95. The van der Waals surface area contributed by atoms with Crippen molar-refractivity contribution in [3.05, 3.63) is 36.0 Å². The first-order valence-corrected chi connectivity index (χ1v) is 4.78. The molecule has 3 heteroatoms. The molecule has 0 aliphatic heterocycles. The van der Waals surface area contributed by atoms with E-state index in [9.17, 15) is 0 Å². The summed E-state index contributed by atoms with van der Waals surface area (Å²) in [4.78, 5) is 4.00. The van der Waals surface area contributed by atoms with E-state index in [0.29, 0.717) is 11.7 Å². The van der Waals surface area contributed by atoms with E-state index in [1.807, 2.05) is 12.1 Å². The van der Waals surface area contributed by atoms with E-state index in [2.05, 4.69) is 17.1 Å². The normalized spacial score (nSPS) is 10.8. The summed E-state index contributed by atoms with van der Waals surface area (Å²) in [6, 6.07) is 3.87. The number of nitrogen functional groups attached to an aromatic ring is 1. The maximum Gasteiger partial charge on any atom is 0.126 e. The highest BCUT2D eigenvalue weighted by atomic mass is 35.5. The Morgan fingerprint density at radius 2 is 2.31 bits per heavy atom. The summed E-state index contributed by atoms with van der Waals surface area (Å²) in [6.45, 7) is 0. The van der Waals surface area contributed by atoms with Crippen molar-refractivity contribution in [2.45, 2.75) is 12.8 Å². The van der Waals surface area contributed by atoms with Crippen LogP contribution in [0.1, 0.15) is 12.0 Å². The maximum absolute atomic E-state index is 5.66. The second-order valence-electron chi connectivity index (χ2n) is 2.70. The SMILES string of the molecule is Nc1ncccc1CC=CCCCl. The molecule has 2 N–H and O–H groups in total. The number of rotatable bonds is 4. The van der Waals surface area contributed by atoms with Crippen molar-refractivity contribution in [3.8, 4) is 0 Å². The van der Waals surface area contributed by atoms with Crippen molar-refractivity contribution in [2.24, 2.45) is 0 Å². The average Bonchev–Trinajstić information content (AvgIpc) is 2.15. The zero-order valence-electron chi connectivity index (χ0n) is 7.41. The molecular weight excluding hydrogens is 184 g/mol. The molecule has 0 aliphatic rings. The Balaban J connectivity index is 2.49. The first kappa shape index (κ1) is 10.1. The number of anilines is 1. The van der Waals surface area contributed by atoms with Gasteiger partial charge in [0.25, 0.3) is 0 Å². The lowest BCUT2D eigenvalue weighted by molar-refractivity contribution is 1.16. The van der Waals surface area contributed by atoms with Crippen LogP contribution < -0.4 is 5.73 Å². The van der Waals surface area contributed by atoms with Gasteiger partial charge in [0.05, 0.1) is 0 Å². The maximum atomic E-state index is 5.66. The largest absolute Gasteiger partial charge is 0.383 e. The Morgan fingerprint density at radius 1 is 1.46 bits per heavy atom. The number of halogens is 1. The summed E-state index contributed by atoms with van der Waals surface area (Å²) >= 11 is 5.53. The minimum absolute atomic E-state index is 0.609. The van der Waals surface area contributed by atoms with E-state index in [-0.39, 0.29) is 0 Å². The lowest BCUT2D eigenvalue weighted by Gasteiger charge is -1.99. The molecule has 2 nitrogen and oxygen atoms in total. The summed E-state index contributed by atoms with van der Waals surface area (Å²) in [5.41, 5.74) is 6.73. The van der Waals surface area contributed by atoms with Crippen molar-refractivity contribution < 1.29 is 0 Å². The Labute approximate surface area is 83.4 Å². The Bertz CT molecular complexity index is 284. The molecule has 0 radical (unpaired) electrons. The molecule has 0 saturated carbocycles. The van der Waals surface area contributed by atoms with Gasteiger partial charge in [0, 0.05) is 12.1 Å². The Morgan fingerprint density at radius 3 is 3.00 bits per heavy atom. The standard InChI is InChI=1S/C10H13ClN2/c11-7-3-1-2-5-9-6-4-8-13-10(9)12/h1-2,4,6,8H,3,5,7H2,(H2,12,13). The minimum Gasteiger partial charge on any atom is -0.383 e. The Kier molecular flexibility index (Phi) is 4.33. The number of hydrogen-bond acceptors (Lipinski definition) is 2. The third kappa shape index (κ3) is 3.47. The van der Waals surface area contributed by atoms with Crippen molar-refractivity contribution in [1.29, 1.82) is 0 Å². The van der Waals surface area contributed by atoms with Crippen LogP contribution in [-0.4, -0.2) is 10.9 Å². The molecule has 0 aromatic carbocycles. The fraction of sp³-hybridized carbons (Fsp3) is 0.300. The van der Waals surface area contributed by atoms with Crippen molar-refractivity contribution in [3.63, 3.8) is 0 Å². The van der Waals surface area contributed by atoms with Gasteiger partial charge in [0.15, 0.2) is 0 Å². The highest BCUT2D eigenvalue weighted by Crippen LogP contribution is 2.08. The molecule has 0 atom stereocenters. The van der Waals surface area contributed by atoms with Crippen LogP contribution in [0.25, 0.3) is 0 Å². The van der Waals surface area contributed by atoms with Crippen LogP contribution in [0.5, 0.6) is 0 Å². The number of allylic oxidation sites excluding steroid dienone is 2. The number of hydrogen-bond donors (Lipinski definition) is 1. The molecule has 1 heterocycles. The monoisotopic (exact) mass is 196 g/mol. The molecule has 0 unspecified atom stereocenters. The minimum atomic E-state index is 0.609. The summed E-state index contributed by atoms with van der Waals surface area (Å²) in [5, 5.41) is 0. The predicted octanol–water partition coefficient (Wildman–Crippen LogP) is 2.39. The molecule has 0 amide bonds. The molecule has 0 saturated heterocycles. The number of pyridine rings is 1. The average molecular weight is 197 g/mol. The molecule has 0 aliphatic carbocycles. The molecule has 0 bridgehead atoms. The second kappa shape index (κ2) is 5.60. The molecule has 0 fully saturated rings. The summed E-state index contributed by atoms with van der Waals surface area (Å²) < 4.78 is 0. The van der Waals surface area contributed by atoms with Gasteiger partial charge in [-0.05, 0) is 24.5 Å². The number of nitrogens with two attached hydrogens (primary N) is 1. The van der Waals surface area contributed by atoms with Crippen LogP contribution in [0, 0.1) is 0 Å². The molecule has 1 aromatic heterocycles.